The number of benzene rings is 1. The van der Waals surface area contributed by atoms with Crippen LogP contribution in [-0.2, 0) is 4.79 Å². The number of likely N-dealkylation sites (tertiary alicyclic amines) is 1. The summed E-state index contributed by atoms with van der Waals surface area (Å²) in [5.74, 6) is 0.174. The number of carboxylic acids is 1. The van der Waals surface area contributed by atoms with Gasteiger partial charge in [-0.3, -0.25) is 9.59 Å². The number of amides is 1. The maximum atomic E-state index is 12.4. The van der Waals surface area contributed by atoms with E-state index < -0.39 is 5.97 Å². The molecule has 0 unspecified atom stereocenters. The number of hydrogen-bond donors (Lipinski definition) is 1. The molecule has 0 bridgehead atoms. The molecule has 1 amide bonds. The van der Waals surface area contributed by atoms with E-state index in [-0.39, 0.29) is 18.2 Å². The van der Waals surface area contributed by atoms with Gasteiger partial charge in [-0.1, -0.05) is 6.07 Å². The molecule has 0 aromatic heterocycles. The van der Waals surface area contributed by atoms with Crippen LogP contribution in [0.4, 0.5) is 0 Å². The molecule has 106 valence electrons. The van der Waals surface area contributed by atoms with Crippen molar-refractivity contribution in [3.8, 4) is 11.5 Å². The van der Waals surface area contributed by atoms with Crippen LogP contribution in [0.2, 0.25) is 0 Å². The number of aliphatic carboxylic acids is 1. The maximum Gasteiger partial charge on any atom is 0.303 e. The summed E-state index contributed by atoms with van der Waals surface area (Å²) in [5, 5.41) is 8.71. The normalized spacial score (nSPS) is 17.5. The third kappa shape index (κ3) is 2.29. The summed E-state index contributed by atoms with van der Waals surface area (Å²) in [7, 11) is 0. The standard InChI is InChI=1S/C14H15NO5/c16-12(17)6-9-7-15(8-9)14(18)10-2-1-3-11-13(10)20-5-4-19-11/h1-3,9H,4-8H2,(H,16,17). The van der Waals surface area contributed by atoms with Crippen molar-refractivity contribution in [2.45, 2.75) is 6.42 Å². The van der Waals surface area contributed by atoms with Gasteiger partial charge in [0.25, 0.3) is 5.91 Å². The lowest BCUT2D eigenvalue weighted by Crippen LogP contribution is -2.50. The van der Waals surface area contributed by atoms with E-state index in [4.69, 9.17) is 14.6 Å². The van der Waals surface area contributed by atoms with Crippen LogP contribution in [0.3, 0.4) is 0 Å². The maximum absolute atomic E-state index is 12.4. The van der Waals surface area contributed by atoms with Gasteiger partial charge >= 0.3 is 5.97 Å². The molecule has 6 nitrogen and oxygen atoms in total. The van der Waals surface area contributed by atoms with E-state index in [1.807, 2.05) is 0 Å². The van der Waals surface area contributed by atoms with Crippen molar-refractivity contribution in [1.82, 2.24) is 4.90 Å². The summed E-state index contributed by atoms with van der Waals surface area (Å²) in [6, 6.07) is 5.24. The van der Waals surface area contributed by atoms with Crippen molar-refractivity contribution >= 4 is 11.9 Å². The second-order valence-electron chi connectivity index (χ2n) is 5.00. The molecule has 20 heavy (non-hydrogen) atoms. The Morgan fingerprint density at radius 3 is 2.75 bits per heavy atom. The Kier molecular flexibility index (Phi) is 3.22. The highest BCUT2D eigenvalue weighted by atomic mass is 16.6. The fraction of sp³-hybridized carbons (Fsp3) is 0.429. The number of fused-ring (bicyclic) bond motifs is 1. The molecule has 0 atom stereocenters. The first-order valence-electron chi connectivity index (χ1n) is 6.55. The number of rotatable bonds is 3. The van der Waals surface area contributed by atoms with E-state index >= 15 is 0 Å². The number of hydrogen-bond acceptors (Lipinski definition) is 4. The van der Waals surface area contributed by atoms with Gasteiger partial charge in [0, 0.05) is 19.0 Å². The SMILES string of the molecule is O=C(O)CC1CN(C(=O)c2cccc3c2OCCO3)C1. The highest BCUT2D eigenvalue weighted by Gasteiger charge is 2.34. The average Bonchev–Trinajstić information content (AvgIpc) is 2.41. The van der Waals surface area contributed by atoms with Crippen LogP contribution < -0.4 is 9.47 Å². The third-order valence-electron chi connectivity index (χ3n) is 3.50. The number of carbonyl (C=O) groups excluding carboxylic acids is 1. The summed E-state index contributed by atoms with van der Waals surface area (Å²) < 4.78 is 11.0. The lowest BCUT2D eigenvalue weighted by Gasteiger charge is -2.39. The second kappa shape index (κ2) is 5.03. The lowest BCUT2D eigenvalue weighted by atomic mass is 9.95. The molecule has 1 N–H and O–H groups in total. The zero-order valence-corrected chi connectivity index (χ0v) is 10.9. The van der Waals surface area contributed by atoms with Gasteiger partial charge in [0.1, 0.15) is 13.2 Å². The predicted molar refractivity (Wildman–Crippen MR) is 69.1 cm³/mol. The molecule has 1 saturated heterocycles. The Hall–Kier alpha value is -2.24. The first-order valence-corrected chi connectivity index (χ1v) is 6.55. The summed E-state index contributed by atoms with van der Waals surface area (Å²) in [5.41, 5.74) is 0.482. The van der Waals surface area contributed by atoms with Crippen LogP contribution in [0.25, 0.3) is 0 Å². The molecule has 0 spiro atoms. The minimum Gasteiger partial charge on any atom is -0.486 e. The van der Waals surface area contributed by atoms with Gasteiger partial charge in [-0.05, 0) is 12.1 Å². The van der Waals surface area contributed by atoms with Crippen LogP contribution in [0.5, 0.6) is 11.5 Å². The molecular formula is C14H15NO5. The van der Waals surface area contributed by atoms with Crippen LogP contribution in [0, 0.1) is 5.92 Å². The highest BCUT2D eigenvalue weighted by molar-refractivity contribution is 5.98. The molecule has 6 heteroatoms. The Morgan fingerprint density at radius 2 is 2.00 bits per heavy atom. The van der Waals surface area contributed by atoms with Crippen molar-refractivity contribution in [2.75, 3.05) is 26.3 Å². The first kappa shape index (κ1) is 12.8. The number of carbonyl (C=O) groups is 2. The molecule has 1 fully saturated rings. The van der Waals surface area contributed by atoms with Gasteiger partial charge < -0.3 is 19.5 Å². The van der Waals surface area contributed by atoms with Gasteiger partial charge in [-0.15, -0.1) is 0 Å². The number of para-hydroxylation sites is 1. The number of nitrogens with zero attached hydrogens (tertiary/aromatic N) is 1. The molecule has 2 heterocycles. The van der Waals surface area contributed by atoms with E-state index in [2.05, 4.69) is 0 Å². The fourth-order valence-electron chi connectivity index (χ4n) is 2.52. The van der Waals surface area contributed by atoms with Crippen molar-refractivity contribution in [1.29, 1.82) is 0 Å². The quantitative estimate of drug-likeness (QED) is 0.892. The van der Waals surface area contributed by atoms with Crippen molar-refractivity contribution in [2.24, 2.45) is 5.92 Å². The van der Waals surface area contributed by atoms with Gasteiger partial charge in [-0.2, -0.15) is 0 Å². The zero-order chi connectivity index (χ0) is 14.1. The molecule has 1 aromatic carbocycles. The number of carboxylic acid groups (broad SMARTS) is 1. The third-order valence-corrected chi connectivity index (χ3v) is 3.50. The van der Waals surface area contributed by atoms with Crippen molar-refractivity contribution in [3.05, 3.63) is 23.8 Å². The predicted octanol–water partition coefficient (Wildman–Crippen LogP) is 1.00. The van der Waals surface area contributed by atoms with Crippen LogP contribution in [0.15, 0.2) is 18.2 Å². The molecule has 0 radical (unpaired) electrons. The van der Waals surface area contributed by atoms with Gasteiger partial charge in [0.2, 0.25) is 0 Å². The van der Waals surface area contributed by atoms with Crippen LogP contribution in [-0.4, -0.2) is 48.2 Å². The molecular weight excluding hydrogens is 262 g/mol. The minimum atomic E-state index is -0.823. The summed E-state index contributed by atoms with van der Waals surface area (Å²) >= 11 is 0. The molecule has 0 saturated carbocycles. The Bertz CT molecular complexity index is 550. The molecule has 2 aliphatic rings. The minimum absolute atomic E-state index is 0.0492. The second-order valence-corrected chi connectivity index (χ2v) is 5.00. The molecule has 0 aliphatic carbocycles. The van der Waals surface area contributed by atoms with E-state index in [0.717, 1.165) is 0 Å². The molecule has 2 aliphatic heterocycles. The summed E-state index contributed by atoms with van der Waals surface area (Å²) in [6.45, 7) is 1.87. The van der Waals surface area contributed by atoms with Gasteiger partial charge in [-0.25, -0.2) is 0 Å². The summed E-state index contributed by atoms with van der Waals surface area (Å²) in [4.78, 5) is 24.6. The van der Waals surface area contributed by atoms with Gasteiger partial charge in [0.05, 0.1) is 12.0 Å². The lowest BCUT2D eigenvalue weighted by molar-refractivity contribution is -0.139. The smallest absolute Gasteiger partial charge is 0.303 e. The zero-order valence-electron chi connectivity index (χ0n) is 10.9. The van der Waals surface area contributed by atoms with Crippen molar-refractivity contribution in [3.63, 3.8) is 0 Å². The Morgan fingerprint density at radius 1 is 1.25 bits per heavy atom. The Labute approximate surface area is 115 Å². The number of ether oxygens (including phenoxy) is 2. The fourth-order valence-corrected chi connectivity index (χ4v) is 2.52. The van der Waals surface area contributed by atoms with E-state index in [9.17, 15) is 9.59 Å². The largest absolute Gasteiger partial charge is 0.486 e. The molecule has 3 rings (SSSR count). The Balaban J connectivity index is 1.71. The highest BCUT2D eigenvalue weighted by Crippen LogP contribution is 2.35. The summed E-state index contributed by atoms with van der Waals surface area (Å²) in [6.07, 6.45) is 0.107. The van der Waals surface area contributed by atoms with Crippen LogP contribution in [0.1, 0.15) is 16.8 Å². The van der Waals surface area contributed by atoms with Gasteiger partial charge in [0.15, 0.2) is 11.5 Å². The topological polar surface area (TPSA) is 76.1 Å². The van der Waals surface area contributed by atoms with Crippen LogP contribution >= 0.6 is 0 Å². The molecule has 1 aromatic rings. The van der Waals surface area contributed by atoms with E-state index in [1.54, 1.807) is 23.1 Å². The first-order chi connectivity index (χ1) is 9.65. The van der Waals surface area contributed by atoms with E-state index in [0.29, 0.717) is 43.4 Å². The monoisotopic (exact) mass is 277 g/mol. The van der Waals surface area contributed by atoms with Crippen molar-refractivity contribution < 1.29 is 24.2 Å². The van der Waals surface area contributed by atoms with E-state index in [1.165, 1.54) is 0 Å². The average molecular weight is 277 g/mol.